The van der Waals surface area contributed by atoms with Crippen molar-refractivity contribution in [1.29, 1.82) is 0 Å². The number of hydrogen-bond acceptors (Lipinski definition) is 7. The van der Waals surface area contributed by atoms with Gasteiger partial charge in [0.05, 0.1) is 10.9 Å². The van der Waals surface area contributed by atoms with Gasteiger partial charge in [-0.25, -0.2) is 18.4 Å². The first-order chi connectivity index (χ1) is 12.0. The van der Waals surface area contributed by atoms with Crippen molar-refractivity contribution in [3.05, 3.63) is 48.4 Å². The third-order valence-corrected chi connectivity index (χ3v) is 3.98. The van der Waals surface area contributed by atoms with Crippen molar-refractivity contribution in [3.63, 3.8) is 0 Å². The standard InChI is InChI=1S/C14H12F2N6O2S/c1-8(13(23)19-11-4-9(15)2-3-10(11)16)25-14-21-20-12(24-14)5-22-7-17-6-18-22/h2-4,6-8H,5H2,1H3,(H,19,23). The Kier molecular flexibility index (Phi) is 5.03. The van der Waals surface area contributed by atoms with E-state index in [0.29, 0.717) is 5.89 Å². The zero-order valence-electron chi connectivity index (χ0n) is 12.9. The number of nitrogens with one attached hydrogen (secondary N) is 1. The number of anilines is 1. The molecule has 2 aromatic heterocycles. The smallest absolute Gasteiger partial charge is 0.277 e. The van der Waals surface area contributed by atoms with E-state index in [1.54, 1.807) is 6.92 Å². The van der Waals surface area contributed by atoms with Crippen molar-refractivity contribution in [2.24, 2.45) is 0 Å². The summed E-state index contributed by atoms with van der Waals surface area (Å²) in [7, 11) is 0. The predicted octanol–water partition coefficient (Wildman–Crippen LogP) is 2.11. The summed E-state index contributed by atoms with van der Waals surface area (Å²) in [5, 5.41) is 13.4. The van der Waals surface area contributed by atoms with Crippen LogP contribution in [0.25, 0.3) is 0 Å². The number of amides is 1. The molecule has 0 fully saturated rings. The van der Waals surface area contributed by atoms with Crippen molar-refractivity contribution < 1.29 is 18.0 Å². The molecule has 1 aromatic carbocycles. The van der Waals surface area contributed by atoms with Crippen molar-refractivity contribution in [3.8, 4) is 0 Å². The highest BCUT2D eigenvalue weighted by molar-refractivity contribution is 8.00. The molecule has 0 saturated heterocycles. The maximum atomic E-state index is 13.6. The van der Waals surface area contributed by atoms with E-state index in [1.165, 1.54) is 17.3 Å². The third kappa shape index (κ3) is 4.38. The van der Waals surface area contributed by atoms with Gasteiger partial charge in [0.2, 0.25) is 11.8 Å². The molecule has 0 aliphatic carbocycles. The molecule has 25 heavy (non-hydrogen) atoms. The number of halogens is 2. The van der Waals surface area contributed by atoms with Gasteiger partial charge in [-0.2, -0.15) is 5.10 Å². The lowest BCUT2D eigenvalue weighted by Gasteiger charge is -2.10. The molecule has 0 aliphatic heterocycles. The van der Waals surface area contributed by atoms with Crippen LogP contribution in [0.5, 0.6) is 0 Å². The van der Waals surface area contributed by atoms with Gasteiger partial charge in [-0.1, -0.05) is 11.8 Å². The summed E-state index contributed by atoms with van der Waals surface area (Å²) in [6, 6.07) is 2.82. The van der Waals surface area contributed by atoms with E-state index in [4.69, 9.17) is 4.42 Å². The van der Waals surface area contributed by atoms with Gasteiger partial charge in [0.25, 0.3) is 5.22 Å². The van der Waals surface area contributed by atoms with Crippen LogP contribution in [0.1, 0.15) is 12.8 Å². The molecule has 130 valence electrons. The Morgan fingerprint density at radius 3 is 3.00 bits per heavy atom. The Bertz CT molecular complexity index is 870. The maximum absolute atomic E-state index is 13.6. The van der Waals surface area contributed by atoms with Gasteiger partial charge in [0, 0.05) is 6.07 Å². The summed E-state index contributed by atoms with van der Waals surface area (Å²) in [5.41, 5.74) is -0.227. The number of hydrogen-bond donors (Lipinski definition) is 1. The molecule has 0 bridgehead atoms. The summed E-state index contributed by atoms with van der Waals surface area (Å²) in [6.07, 6.45) is 2.88. The summed E-state index contributed by atoms with van der Waals surface area (Å²) in [6.45, 7) is 1.83. The Morgan fingerprint density at radius 2 is 2.24 bits per heavy atom. The van der Waals surface area contributed by atoms with Crippen LogP contribution in [0.2, 0.25) is 0 Å². The minimum Gasteiger partial charge on any atom is -0.414 e. The summed E-state index contributed by atoms with van der Waals surface area (Å²) < 4.78 is 33.6. The van der Waals surface area contributed by atoms with Gasteiger partial charge in [0.1, 0.15) is 30.8 Å². The maximum Gasteiger partial charge on any atom is 0.277 e. The van der Waals surface area contributed by atoms with Crippen LogP contribution in [0.3, 0.4) is 0 Å². The normalized spacial score (nSPS) is 12.1. The van der Waals surface area contributed by atoms with E-state index in [9.17, 15) is 13.6 Å². The summed E-state index contributed by atoms with van der Waals surface area (Å²) in [4.78, 5) is 15.9. The molecule has 1 amide bonds. The van der Waals surface area contributed by atoms with Gasteiger partial charge in [-0.05, 0) is 19.1 Å². The Balaban J connectivity index is 1.60. The largest absolute Gasteiger partial charge is 0.414 e. The van der Waals surface area contributed by atoms with Crippen LogP contribution >= 0.6 is 11.8 Å². The fraction of sp³-hybridized carbons (Fsp3) is 0.214. The lowest BCUT2D eigenvalue weighted by molar-refractivity contribution is -0.115. The zero-order chi connectivity index (χ0) is 17.8. The Hall–Kier alpha value is -2.82. The lowest BCUT2D eigenvalue weighted by atomic mass is 10.3. The van der Waals surface area contributed by atoms with Crippen LogP contribution in [0.4, 0.5) is 14.5 Å². The number of benzene rings is 1. The van der Waals surface area contributed by atoms with Crippen molar-refractivity contribution in [1.82, 2.24) is 25.0 Å². The average molecular weight is 366 g/mol. The molecule has 0 spiro atoms. The van der Waals surface area contributed by atoms with Crippen molar-refractivity contribution in [2.45, 2.75) is 23.9 Å². The highest BCUT2D eigenvalue weighted by Crippen LogP contribution is 2.24. The molecule has 1 unspecified atom stereocenters. The molecule has 3 aromatic rings. The van der Waals surface area contributed by atoms with Crippen LogP contribution in [0, 0.1) is 11.6 Å². The van der Waals surface area contributed by atoms with Gasteiger partial charge in [-0.3, -0.25) is 4.79 Å². The van der Waals surface area contributed by atoms with Crippen molar-refractivity contribution >= 4 is 23.4 Å². The summed E-state index contributed by atoms with van der Waals surface area (Å²) >= 11 is 1.00. The first kappa shape index (κ1) is 17.0. The van der Waals surface area contributed by atoms with Gasteiger partial charge >= 0.3 is 0 Å². The quantitative estimate of drug-likeness (QED) is 0.667. The van der Waals surface area contributed by atoms with Crippen LogP contribution in [-0.4, -0.2) is 36.1 Å². The van der Waals surface area contributed by atoms with E-state index < -0.39 is 22.8 Å². The molecule has 3 rings (SSSR count). The molecule has 1 atom stereocenters. The second-order valence-corrected chi connectivity index (χ2v) is 6.22. The fourth-order valence-corrected chi connectivity index (χ4v) is 2.54. The molecule has 8 nitrogen and oxygen atoms in total. The van der Waals surface area contributed by atoms with Crippen molar-refractivity contribution in [2.75, 3.05) is 5.32 Å². The number of nitrogens with zero attached hydrogens (tertiary/aromatic N) is 5. The average Bonchev–Trinajstić information content (AvgIpc) is 3.23. The number of carbonyl (C=O) groups is 1. The number of aromatic nitrogens is 5. The minimum absolute atomic E-state index is 0.178. The van der Waals surface area contributed by atoms with Crippen LogP contribution in [0.15, 0.2) is 40.5 Å². The molecule has 2 heterocycles. The third-order valence-electron chi connectivity index (χ3n) is 3.05. The monoisotopic (exact) mass is 366 g/mol. The first-order valence-electron chi connectivity index (χ1n) is 7.08. The SMILES string of the molecule is CC(Sc1nnc(Cn2cncn2)o1)C(=O)Nc1cc(F)ccc1F. The van der Waals surface area contributed by atoms with Crippen LogP contribution < -0.4 is 5.32 Å². The van der Waals surface area contributed by atoms with E-state index in [-0.39, 0.29) is 17.5 Å². The topological polar surface area (TPSA) is 98.7 Å². The molecular formula is C14H12F2N6O2S. The van der Waals surface area contributed by atoms with E-state index >= 15 is 0 Å². The molecule has 11 heteroatoms. The molecule has 0 radical (unpaired) electrons. The Morgan fingerprint density at radius 1 is 1.40 bits per heavy atom. The molecule has 1 N–H and O–H groups in total. The van der Waals surface area contributed by atoms with Gasteiger partial charge < -0.3 is 9.73 Å². The van der Waals surface area contributed by atoms with Crippen LogP contribution in [-0.2, 0) is 11.3 Å². The van der Waals surface area contributed by atoms with E-state index in [1.807, 2.05) is 0 Å². The van der Waals surface area contributed by atoms with Gasteiger partial charge in [0.15, 0.2) is 0 Å². The molecule has 0 aliphatic rings. The first-order valence-corrected chi connectivity index (χ1v) is 7.96. The Labute approximate surface area is 144 Å². The fourth-order valence-electron chi connectivity index (χ4n) is 1.84. The number of carbonyl (C=O) groups excluding carboxylic acids is 1. The molecule has 0 saturated carbocycles. The summed E-state index contributed by atoms with van der Waals surface area (Å²) in [5.74, 6) is -1.59. The highest BCUT2D eigenvalue weighted by atomic mass is 32.2. The van der Waals surface area contributed by atoms with E-state index in [2.05, 4.69) is 25.6 Å². The molecular weight excluding hydrogens is 354 g/mol. The predicted molar refractivity (Wildman–Crippen MR) is 83.7 cm³/mol. The lowest BCUT2D eigenvalue weighted by Crippen LogP contribution is -2.23. The second kappa shape index (κ2) is 7.38. The highest BCUT2D eigenvalue weighted by Gasteiger charge is 2.20. The number of rotatable bonds is 6. The zero-order valence-corrected chi connectivity index (χ0v) is 13.7. The number of thioether (sulfide) groups is 1. The van der Waals surface area contributed by atoms with E-state index in [0.717, 1.165) is 30.0 Å². The van der Waals surface area contributed by atoms with Gasteiger partial charge in [-0.15, -0.1) is 10.2 Å². The minimum atomic E-state index is -0.722. The second-order valence-electron chi connectivity index (χ2n) is 4.93.